The summed E-state index contributed by atoms with van der Waals surface area (Å²) in [6.07, 6.45) is 16.0. The van der Waals surface area contributed by atoms with Crippen LogP contribution >= 0.6 is 0 Å². The second-order valence-corrected chi connectivity index (χ2v) is 11.0. The van der Waals surface area contributed by atoms with E-state index in [1.54, 1.807) is 32.4 Å². The summed E-state index contributed by atoms with van der Waals surface area (Å²) in [6.45, 7) is 4.52. The number of methoxy groups -OCH3 is 3. The quantitative estimate of drug-likeness (QED) is 0.0776. The lowest BCUT2D eigenvalue weighted by molar-refractivity contribution is 0.104. The average Bonchev–Trinajstić information content (AvgIpc) is 3.06. The van der Waals surface area contributed by atoms with Gasteiger partial charge in [0.2, 0.25) is 0 Å². The van der Waals surface area contributed by atoms with Crippen molar-refractivity contribution in [2.75, 3.05) is 47.6 Å². The van der Waals surface area contributed by atoms with Crippen molar-refractivity contribution in [3.05, 3.63) is 82.9 Å². The third-order valence-corrected chi connectivity index (χ3v) is 7.90. The van der Waals surface area contributed by atoms with E-state index in [1.807, 2.05) is 42.5 Å². The maximum absolute atomic E-state index is 12.9. The van der Waals surface area contributed by atoms with Crippen LogP contribution in [-0.2, 0) is 0 Å². The zero-order valence-electron chi connectivity index (χ0n) is 26.2. The molecule has 1 N–H and O–H groups in total. The number of phenols is 1. The van der Waals surface area contributed by atoms with Crippen LogP contribution in [0.4, 0.5) is 0 Å². The van der Waals surface area contributed by atoms with Gasteiger partial charge in [-0.2, -0.15) is 0 Å². The fourth-order valence-corrected chi connectivity index (χ4v) is 5.35. The molecular formula is C37H45NO6. The van der Waals surface area contributed by atoms with Gasteiger partial charge in [-0.1, -0.05) is 43.5 Å². The van der Waals surface area contributed by atoms with Crippen molar-refractivity contribution in [2.45, 2.75) is 44.9 Å². The van der Waals surface area contributed by atoms with E-state index in [2.05, 4.69) is 4.90 Å². The summed E-state index contributed by atoms with van der Waals surface area (Å²) in [5, 5.41) is 10.3. The second kappa shape index (κ2) is 17.2. The highest BCUT2D eigenvalue weighted by Crippen LogP contribution is 2.32. The SMILES string of the molecule is COc1ccc(C(=O)/C=C/c2c(/C=C/c3ccc(OCCCCCCN4CCCCC4)cc3)cc(OC)cc2OC)c(O)c1. The second-order valence-electron chi connectivity index (χ2n) is 11.0. The molecule has 0 aromatic heterocycles. The van der Waals surface area contributed by atoms with E-state index in [-0.39, 0.29) is 17.1 Å². The van der Waals surface area contributed by atoms with Gasteiger partial charge in [0.1, 0.15) is 28.7 Å². The largest absolute Gasteiger partial charge is 0.507 e. The number of rotatable bonds is 16. The molecule has 4 rings (SSSR count). The van der Waals surface area contributed by atoms with E-state index in [0.717, 1.165) is 29.9 Å². The number of hydrogen-bond donors (Lipinski definition) is 1. The Balaban J connectivity index is 1.35. The molecule has 0 amide bonds. The summed E-state index contributed by atoms with van der Waals surface area (Å²) < 4.78 is 22.2. The number of unbranched alkanes of at least 4 members (excludes halogenated alkanes) is 3. The minimum atomic E-state index is -0.342. The molecule has 0 aliphatic carbocycles. The van der Waals surface area contributed by atoms with E-state index < -0.39 is 0 Å². The van der Waals surface area contributed by atoms with Crippen LogP contribution in [0.2, 0.25) is 0 Å². The molecule has 0 spiro atoms. The summed E-state index contributed by atoms with van der Waals surface area (Å²) in [5.41, 5.74) is 2.71. The minimum absolute atomic E-state index is 0.142. The van der Waals surface area contributed by atoms with E-state index in [4.69, 9.17) is 18.9 Å². The number of benzene rings is 3. The number of nitrogens with zero attached hydrogens (tertiary/aromatic N) is 1. The topological polar surface area (TPSA) is 77.5 Å². The van der Waals surface area contributed by atoms with E-state index in [0.29, 0.717) is 22.8 Å². The van der Waals surface area contributed by atoms with Crippen LogP contribution in [0.3, 0.4) is 0 Å². The molecule has 44 heavy (non-hydrogen) atoms. The predicted octanol–water partition coefficient (Wildman–Crippen LogP) is 7.91. The molecule has 1 fully saturated rings. The number of likely N-dealkylation sites (tertiary alicyclic amines) is 1. The van der Waals surface area contributed by atoms with Crippen molar-refractivity contribution in [1.29, 1.82) is 0 Å². The van der Waals surface area contributed by atoms with E-state index in [1.165, 1.54) is 83.5 Å². The van der Waals surface area contributed by atoms with Crippen molar-refractivity contribution in [3.63, 3.8) is 0 Å². The number of piperidine rings is 1. The number of phenolic OH excluding ortho intramolecular Hbond substituents is 1. The lowest BCUT2D eigenvalue weighted by Gasteiger charge is -2.26. The molecule has 1 saturated heterocycles. The number of allylic oxidation sites excluding steroid dienone is 1. The van der Waals surface area contributed by atoms with Crippen LogP contribution in [0.5, 0.6) is 28.7 Å². The van der Waals surface area contributed by atoms with Crippen molar-refractivity contribution >= 4 is 24.0 Å². The number of aromatic hydroxyl groups is 1. The Kier molecular flexibility index (Phi) is 12.7. The molecule has 3 aromatic carbocycles. The number of hydrogen-bond acceptors (Lipinski definition) is 7. The summed E-state index contributed by atoms with van der Waals surface area (Å²) >= 11 is 0. The highest BCUT2D eigenvalue weighted by atomic mass is 16.5. The molecule has 0 unspecified atom stereocenters. The third-order valence-electron chi connectivity index (χ3n) is 7.90. The molecule has 0 bridgehead atoms. The Morgan fingerprint density at radius 3 is 2.20 bits per heavy atom. The lowest BCUT2D eigenvalue weighted by Crippen LogP contribution is -2.30. The third kappa shape index (κ3) is 9.64. The first-order valence-electron chi connectivity index (χ1n) is 15.5. The zero-order valence-corrected chi connectivity index (χ0v) is 26.2. The monoisotopic (exact) mass is 599 g/mol. The summed E-state index contributed by atoms with van der Waals surface area (Å²) in [6, 6.07) is 16.3. The standard InChI is InChI=1S/C37H45NO6/c1-41-31-17-18-34(36(40)26-31)35(39)20-19-33-29(25-32(42-2)27-37(33)43-3)14-11-28-12-15-30(16-13-28)44-24-10-5-4-7-21-38-22-8-6-9-23-38/h11-20,25-27,40H,4-10,21-24H2,1-3H3/b14-11+,20-19+. The molecule has 3 aromatic rings. The van der Waals surface area contributed by atoms with Gasteiger partial charge < -0.3 is 29.0 Å². The zero-order chi connectivity index (χ0) is 31.1. The predicted molar refractivity (Wildman–Crippen MR) is 177 cm³/mol. The number of ketones is 1. The Morgan fingerprint density at radius 1 is 0.773 bits per heavy atom. The van der Waals surface area contributed by atoms with Gasteiger partial charge in [0.15, 0.2) is 5.78 Å². The molecule has 7 nitrogen and oxygen atoms in total. The van der Waals surface area contributed by atoms with Crippen LogP contribution < -0.4 is 18.9 Å². The molecule has 0 radical (unpaired) electrons. The van der Waals surface area contributed by atoms with Crippen molar-refractivity contribution < 1.29 is 28.8 Å². The van der Waals surface area contributed by atoms with Gasteiger partial charge in [0, 0.05) is 17.7 Å². The number of carbonyl (C=O) groups excluding carboxylic acids is 1. The molecule has 1 heterocycles. The minimum Gasteiger partial charge on any atom is -0.507 e. The first-order chi connectivity index (χ1) is 21.5. The Labute approximate surface area is 261 Å². The van der Waals surface area contributed by atoms with E-state index in [9.17, 15) is 9.90 Å². The van der Waals surface area contributed by atoms with Crippen molar-refractivity contribution in [2.24, 2.45) is 0 Å². The molecule has 7 heteroatoms. The smallest absolute Gasteiger partial charge is 0.189 e. The average molecular weight is 600 g/mol. The molecular weight excluding hydrogens is 554 g/mol. The van der Waals surface area contributed by atoms with Crippen LogP contribution in [0, 0.1) is 0 Å². The summed E-state index contributed by atoms with van der Waals surface area (Å²) in [5.74, 6) is 2.04. The normalized spacial score (nSPS) is 13.8. The van der Waals surface area contributed by atoms with Gasteiger partial charge in [0.25, 0.3) is 0 Å². The molecule has 1 aliphatic heterocycles. The van der Waals surface area contributed by atoms with Gasteiger partial charge >= 0.3 is 0 Å². The van der Waals surface area contributed by atoms with Crippen molar-refractivity contribution in [3.8, 4) is 28.7 Å². The van der Waals surface area contributed by atoms with Crippen LogP contribution in [0.1, 0.15) is 72.0 Å². The van der Waals surface area contributed by atoms with E-state index >= 15 is 0 Å². The fourth-order valence-electron chi connectivity index (χ4n) is 5.35. The molecule has 234 valence electrons. The molecule has 0 saturated carbocycles. The van der Waals surface area contributed by atoms with Gasteiger partial charge in [-0.3, -0.25) is 4.79 Å². The van der Waals surface area contributed by atoms with Crippen molar-refractivity contribution in [1.82, 2.24) is 4.90 Å². The van der Waals surface area contributed by atoms with Crippen LogP contribution in [0.25, 0.3) is 18.2 Å². The van der Waals surface area contributed by atoms with Gasteiger partial charge in [-0.05, 0) is 98.9 Å². The number of ether oxygens (including phenoxy) is 4. The highest BCUT2D eigenvalue weighted by molar-refractivity contribution is 6.09. The number of carbonyl (C=O) groups is 1. The maximum atomic E-state index is 12.9. The Morgan fingerprint density at radius 2 is 1.50 bits per heavy atom. The summed E-state index contributed by atoms with van der Waals surface area (Å²) in [4.78, 5) is 15.5. The molecule has 1 aliphatic rings. The van der Waals surface area contributed by atoms with Crippen LogP contribution in [0.15, 0.2) is 60.7 Å². The lowest BCUT2D eigenvalue weighted by atomic mass is 10.0. The molecule has 0 atom stereocenters. The first kappa shape index (κ1) is 32.7. The summed E-state index contributed by atoms with van der Waals surface area (Å²) in [7, 11) is 4.68. The highest BCUT2D eigenvalue weighted by Gasteiger charge is 2.13. The Bertz CT molecular complexity index is 1410. The van der Waals surface area contributed by atoms with Crippen LogP contribution in [-0.4, -0.2) is 63.4 Å². The van der Waals surface area contributed by atoms with Gasteiger partial charge in [0.05, 0.1) is 33.5 Å². The maximum Gasteiger partial charge on any atom is 0.189 e. The van der Waals surface area contributed by atoms with Gasteiger partial charge in [-0.15, -0.1) is 0 Å². The first-order valence-corrected chi connectivity index (χ1v) is 15.5. The van der Waals surface area contributed by atoms with Gasteiger partial charge in [-0.25, -0.2) is 0 Å². The fraction of sp³-hybridized carbons (Fsp3) is 0.378. The Hall–Kier alpha value is -4.23.